The summed E-state index contributed by atoms with van der Waals surface area (Å²) in [5, 5.41) is 97.4. The van der Waals surface area contributed by atoms with Gasteiger partial charge in [0.05, 0.1) is 25.4 Å². The van der Waals surface area contributed by atoms with E-state index in [9.17, 15) is 60.2 Å². The van der Waals surface area contributed by atoms with Crippen molar-refractivity contribution in [1.29, 1.82) is 0 Å². The van der Waals surface area contributed by atoms with Gasteiger partial charge in [0.1, 0.15) is 61.0 Å². The van der Waals surface area contributed by atoms with E-state index < -0.39 is 101 Å². The minimum atomic E-state index is -5.31. The molecule has 0 aromatic heterocycles. The normalized spacial score (nSPS) is 27.4. The Morgan fingerprint density at radius 2 is 0.875 bits per heavy atom. The van der Waals surface area contributed by atoms with E-state index >= 15 is 0 Å². The molecular formula is C54H106NO16P. The molecule has 0 aromatic carbocycles. The summed E-state index contributed by atoms with van der Waals surface area (Å²) in [4.78, 5) is 24.2. The molecular weight excluding hydrogens is 950 g/mol. The van der Waals surface area contributed by atoms with Gasteiger partial charge in [0.15, 0.2) is 6.29 Å². The fourth-order valence-corrected chi connectivity index (χ4v) is 10.9. The predicted molar refractivity (Wildman–Crippen MR) is 279 cm³/mol. The van der Waals surface area contributed by atoms with Crippen molar-refractivity contribution in [3.63, 3.8) is 0 Å². The molecule has 1 heterocycles. The van der Waals surface area contributed by atoms with Gasteiger partial charge >= 0.3 is 7.82 Å². The number of unbranched alkanes of at least 4 members (excludes halogenated alkanes) is 32. The summed E-state index contributed by atoms with van der Waals surface area (Å²) in [7, 11) is -5.31. The Hall–Kier alpha value is -0.860. The van der Waals surface area contributed by atoms with Crippen LogP contribution in [-0.2, 0) is 27.9 Å². The maximum absolute atomic E-state index is 13.5. The van der Waals surface area contributed by atoms with Crippen molar-refractivity contribution in [3.05, 3.63) is 0 Å². The van der Waals surface area contributed by atoms with Crippen LogP contribution in [0.3, 0.4) is 0 Å². The topological polar surface area (TPSA) is 285 Å². The third-order valence-corrected chi connectivity index (χ3v) is 15.8. The van der Waals surface area contributed by atoms with Gasteiger partial charge in [0.2, 0.25) is 5.91 Å². The van der Waals surface area contributed by atoms with Crippen molar-refractivity contribution >= 4 is 13.7 Å². The maximum Gasteiger partial charge on any atom is 0.472 e. The molecule has 2 fully saturated rings. The second-order valence-corrected chi connectivity index (χ2v) is 22.6. The van der Waals surface area contributed by atoms with Crippen molar-refractivity contribution in [3.8, 4) is 0 Å². The fraction of sp³-hybridized carbons (Fsp3) is 0.981. The minimum absolute atomic E-state index is 0.178. The number of carbonyl (C=O) groups excluding carboxylic acids is 1. The van der Waals surface area contributed by atoms with E-state index in [-0.39, 0.29) is 18.7 Å². The Morgan fingerprint density at radius 1 is 0.514 bits per heavy atom. The van der Waals surface area contributed by atoms with Crippen molar-refractivity contribution in [2.24, 2.45) is 0 Å². The number of hydrogen-bond donors (Lipinski definition) is 11. The number of rotatable bonds is 46. The highest BCUT2D eigenvalue weighted by molar-refractivity contribution is 7.47. The third-order valence-electron chi connectivity index (χ3n) is 14.8. The second-order valence-electron chi connectivity index (χ2n) is 21.2. The first-order valence-electron chi connectivity index (χ1n) is 29.0. The molecule has 0 spiro atoms. The van der Waals surface area contributed by atoms with E-state index in [1.165, 1.54) is 154 Å². The molecule has 18 heteroatoms. The number of phosphoric acid groups is 1. The lowest BCUT2D eigenvalue weighted by atomic mass is 9.84. The van der Waals surface area contributed by atoms with E-state index in [0.29, 0.717) is 12.8 Å². The lowest BCUT2D eigenvalue weighted by Gasteiger charge is -2.47. The van der Waals surface area contributed by atoms with Crippen LogP contribution >= 0.6 is 7.82 Å². The molecule has 1 unspecified atom stereocenters. The Morgan fingerprint density at radius 3 is 1.28 bits per heavy atom. The summed E-state index contributed by atoms with van der Waals surface area (Å²) >= 11 is 0. The van der Waals surface area contributed by atoms with Gasteiger partial charge in [0, 0.05) is 6.42 Å². The molecule has 0 radical (unpaired) electrons. The zero-order valence-electron chi connectivity index (χ0n) is 44.7. The van der Waals surface area contributed by atoms with Crippen LogP contribution in [0.4, 0.5) is 0 Å². The average Bonchev–Trinajstić information content (AvgIpc) is 3.36. The first-order chi connectivity index (χ1) is 34.7. The van der Waals surface area contributed by atoms with Crippen LogP contribution in [0.5, 0.6) is 0 Å². The first kappa shape index (κ1) is 67.3. The Kier molecular flexibility index (Phi) is 38.5. The van der Waals surface area contributed by atoms with Gasteiger partial charge in [-0.2, -0.15) is 0 Å². The molecule has 0 aromatic rings. The van der Waals surface area contributed by atoms with E-state index in [2.05, 4.69) is 19.2 Å². The Bertz CT molecular complexity index is 1350. The quantitative estimate of drug-likeness (QED) is 0.0203. The largest absolute Gasteiger partial charge is 0.472 e. The van der Waals surface area contributed by atoms with Crippen molar-refractivity contribution in [2.75, 3.05) is 13.2 Å². The van der Waals surface area contributed by atoms with Crippen LogP contribution < -0.4 is 5.32 Å². The highest BCUT2D eigenvalue weighted by Crippen LogP contribution is 2.48. The van der Waals surface area contributed by atoms with Crippen molar-refractivity contribution in [2.45, 2.75) is 324 Å². The van der Waals surface area contributed by atoms with Crippen molar-refractivity contribution in [1.82, 2.24) is 5.32 Å². The summed E-state index contributed by atoms with van der Waals surface area (Å²) in [6.45, 7) is 2.95. The van der Waals surface area contributed by atoms with Crippen LogP contribution in [0, 0.1) is 0 Å². The molecule has 2 aliphatic rings. The molecule has 11 N–H and O–H groups in total. The van der Waals surface area contributed by atoms with Gasteiger partial charge in [-0.3, -0.25) is 13.8 Å². The van der Waals surface area contributed by atoms with Gasteiger partial charge in [0.25, 0.3) is 0 Å². The van der Waals surface area contributed by atoms with Crippen LogP contribution in [-0.4, -0.2) is 149 Å². The summed E-state index contributed by atoms with van der Waals surface area (Å²) in [6, 6.07) is -1.13. The number of nitrogens with one attached hydrogen (secondary N) is 1. The van der Waals surface area contributed by atoms with Gasteiger partial charge < -0.3 is 65.6 Å². The predicted octanol–water partition coefficient (Wildman–Crippen LogP) is 8.06. The van der Waals surface area contributed by atoms with Crippen LogP contribution in [0.2, 0.25) is 0 Å². The zero-order valence-corrected chi connectivity index (χ0v) is 45.6. The highest BCUT2D eigenvalue weighted by Gasteiger charge is 2.55. The molecule has 1 saturated heterocycles. The number of aliphatic hydroxyl groups is 9. The lowest BCUT2D eigenvalue weighted by molar-refractivity contribution is -0.338. The monoisotopic (exact) mass is 1060 g/mol. The molecule has 1 saturated carbocycles. The summed E-state index contributed by atoms with van der Waals surface area (Å²) in [5.74, 6) is -0.365. The number of aliphatic hydroxyl groups excluding tert-OH is 9. The third kappa shape index (κ3) is 28.5. The summed E-state index contributed by atoms with van der Waals surface area (Å²) < 4.78 is 35.0. The molecule has 2 rings (SSSR count). The van der Waals surface area contributed by atoms with E-state index in [0.717, 1.165) is 51.4 Å². The van der Waals surface area contributed by atoms with Gasteiger partial charge in [-0.15, -0.1) is 0 Å². The Labute approximate surface area is 434 Å². The second kappa shape index (κ2) is 41.3. The highest BCUT2D eigenvalue weighted by atomic mass is 31.2. The van der Waals surface area contributed by atoms with Crippen LogP contribution in [0.15, 0.2) is 0 Å². The van der Waals surface area contributed by atoms with Gasteiger partial charge in [-0.1, -0.05) is 226 Å². The molecule has 428 valence electrons. The van der Waals surface area contributed by atoms with Crippen LogP contribution in [0.25, 0.3) is 0 Å². The molecule has 17 nitrogen and oxygen atoms in total. The molecule has 0 bridgehead atoms. The molecule has 72 heavy (non-hydrogen) atoms. The standard InChI is InChI=1S/C54H106NO16P/c1-3-5-7-9-11-13-15-17-18-19-20-21-22-23-24-26-28-30-32-34-36-38-44(58)55-41(42(57)37-35-33-31-29-27-25-16-14-12-10-8-6-4-2)40-68-72(66,67)71-53-50(64)48(62)47(61)49(63)52(53)70-54-51(65)46(60)45(59)43(39-56)69-54/h41-43,45-54,56-57,59-65H,3-40H2,1-2H3,(H,55,58)(H,66,67)/t41-,42+,43+,45+,46-,47+,48+,49-,50+,51-,52+,53+,54-/m0/s1. The molecule has 1 amide bonds. The lowest BCUT2D eigenvalue weighted by Crippen LogP contribution is -2.67. The summed E-state index contributed by atoms with van der Waals surface area (Å²) in [5.41, 5.74) is 0. The Balaban J connectivity index is 1.86. The number of carbonyl (C=O) groups is 1. The zero-order chi connectivity index (χ0) is 53.0. The maximum atomic E-state index is 13.5. The van der Waals surface area contributed by atoms with E-state index in [1.807, 2.05) is 0 Å². The number of phosphoric ester groups is 1. The minimum Gasteiger partial charge on any atom is -0.394 e. The SMILES string of the molecule is CCCCCCCCCCCCCCCCCCCCCCCC(=O)N[C@@H](COP(=O)(O)O[C@@H]1[C@H](O)[C@H](O)[C@@H](O)[C@H](O)[C@H]1O[C@@H]1O[C@H](CO)[C@@H](O)[C@H](O)[C@@H]1O)[C@H](O)CCCCCCCCCCCCCCC. The molecule has 1 aliphatic heterocycles. The number of hydrogen-bond acceptors (Lipinski definition) is 15. The van der Waals surface area contributed by atoms with Crippen molar-refractivity contribution < 1.29 is 78.7 Å². The molecule has 14 atom stereocenters. The molecule has 1 aliphatic carbocycles. The average molecular weight is 1060 g/mol. The number of amides is 1. The smallest absolute Gasteiger partial charge is 0.394 e. The van der Waals surface area contributed by atoms with Gasteiger partial charge in [-0.25, -0.2) is 4.57 Å². The van der Waals surface area contributed by atoms with Crippen LogP contribution in [0.1, 0.15) is 245 Å². The first-order valence-corrected chi connectivity index (χ1v) is 30.5. The van der Waals surface area contributed by atoms with Gasteiger partial charge in [-0.05, 0) is 12.8 Å². The summed E-state index contributed by atoms with van der Waals surface area (Å²) in [6.07, 6.45) is 18.6. The van der Waals surface area contributed by atoms with E-state index in [1.54, 1.807) is 0 Å². The fourth-order valence-electron chi connectivity index (χ4n) is 9.97. The van der Waals surface area contributed by atoms with E-state index in [4.69, 9.17) is 18.5 Å². The number of ether oxygens (including phenoxy) is 2.